The smallest absolute Gasteiger partial charge is 0.311 e. The molecule has 1 fully saturated rings. The largest absolute Gasteiger partial charge is 0.481 e. The van der Waals surface area contributed by atoms with Crippen LogP contribution in [0.25, 0.3) is 0 Å². The highest BCUT2D eigenvalue weighted by Crippen LogP contribution is 2.38. The Balaban J connectivity index is 2.16. The van der Waals surface area contributed by atoms with E-state index in [-0.39, 0.29) is 17.6 Å². The van der Waals surface area contributed by atoms with Crippen LogP contribution in [-0.2, 0) is 4.79 Å². The molecule has 0 spiro atoms. The van der Waals surface area contributed by atoms with E-state index in [2.05, 4.69) is 26.2 Å². The number of hydrogen-bond acceptors (Lipinski definition) is 3. The fourth-order valence-electron chi connectivity index (χ4n) is 2.43. The van der Waals surface area contributed by atoms with Gasteiger partial charge >= 0.3 is 5.97 Å². The van der Waals surface area contributed by atoms with Crippen LogP contribution in [0.4, 0.5) is 0 Å². The van der Waals surface area contributed by atoms with Gasteiger partial charge in [-0.15, -0.1) is 0 Å². The molecule has 1 aliphatic rings. The van der Waals surface area contributed by atoms with Crippen molar-refractivity contribution in [1.82, 2.24) is 10.3 Å². The van der Waals surface area contributed by atoms with Crippen molar-refractivity contribution in [3.8, 4) is 0 Å². The molecule has 1 amide bonds. The Morgan fingerprint density at radius 3 is 2.95 bits per heavy atom. The molecule has 1 saturated carbocycles. The molecule has 2 unspecified atom stereocenters. The summed E-state index contributed by atoms with van der Waals surface area (Å²) in [6, 6.07) is 3.09. The van der Waals surface area contributed by atoms with Crippen LogP contribution in [0.1, 0.15) is 36.7 Å². The number of carboxylic acids is 1. The lowest BCUT2D eigenvalue weighted by Gasteiger charge is -2.27. The highest BCUT2D eigenvalue weighted by atomic mass is 79.9. The van der Waals surface area contributed by atoms with Crippen LogP contribution in [0.3, 0.4) is 0 Å². The molecule has 0 aliphatic heterocycles. The Labute approximate surface area is 119 Å². The van der Waals surface area contributed by atoms with Gasteiger partial charge in [0.05, 0.1) is 5.41 Å². The van der Waals surface area contributed by atoms with Gasteiger partial charge in [-0.25, -0.2) is 4.98 Å². The van der Waals surface area contributed by atoms with Gasteiger partial charge in [0, 0.05) is 16.7 Å². The van der Waals surface area contributed by atoms with Gasteiger partial charge in [-0.1, -0.05) is 6.42 Å². The molecule has 1 aliphatic carbocycles. The summed E-state index contributed by atoms with van der Waals surface area (Å²) in [4.78, 5) is 27.5. The molecule has 0 bridgehead atoms. The number of rotatable bonds is 3. The third-order valence-corrected chi connectivity index (χ3v) is 4.37. The minimum Gasteiger partial charge on any atom is -0.481 e. The fourth-order valence-corrected chi connectivity index (χ4v) is 2.87. The number of amides is 1. The monoisotopic (exact) mass is 326 g/mol. The molecular formula is C13H15BrN2O3. The van der Waals surface area contributed by atoms with E-state index in [0.717, 1.165) is 6.42 Å². The Hall–Kier alpha value is -1.43. The minimum atomic E-state index is -0.892. The lowest BCUT2D eigenvalue weighted by molar-refractivity contribution is -0.148. The Morgan fingerprint density at radius 1 is 1.58 bits per heavy atom. The summed E-state index contributed by atoms with van der Waals surface area (Å²) >= 11 is 3.26. The number of nitrogens with zero attached hydrogens (tertiary/aromatic N) is 1. The molecule has 0 aromatic carbocycles. The van der Waals surface area contributed by atoms with E-state index in [1.807, 2.05) is 0 Å². The van der Waals surface area contributed by atoms with Crippen LogP contribution >= 0.6 is 15.9 Å². The maximum absolute atomic E-state index is 12.1. The first-order valence-corrected chi connectivity index (χ1v) is 6.89. The van der Waals surface area contributed by atoms with E-state index in [1.165, 1.54) is 6.20 Å². The van der Waals surface area contributed by atoms with Crippen molar-refractivity contribution >= 4 is 27.8 Å². The zero-order chi connectivity index (χ0) is 14.0. The van der Waals surface area contributed by atoms with Crippen molar-refractivity contribution in [3.05, 3.63) is 28.5 Å². The number of pyridine rings is 1. The average molecular weight is 327 g/mol. The molecule has 1 aromatic rings. The summed E-state index contributed by atoms with van der Waals surface area (Å²) in [6.07, 6.45) is 3.59. The van der Waals surface area contributed by atoms with E-state index in [1.54, 1.807) is 19.1 Å². The van der Waals surface area contributed by atoms with Gasteiger partial charge in [0.1, 0.15) is 5.69 Å². The quantitative estimate of drug-likeness (QED) is 0.892. The molecule has 19 heavy (non-hydrogen) atoms. The van der Waals surface area contributed by atoms with E-state index in [9.17, 15) is 14.7 Å². The summed E-state index contributed by atoms with van der Waals surface area (Å²) < 4.78 is 0.600. The summed E-state index contributed by atoms with van der Waals surface area (Å²) in [5.41, 5.74) is -0.612. The molecular weight excluding hydrogens is 312 g/mol. The fraction of sp³-hybridized carbons (Fsp3) is 0.462. The molecule has 1 aromatic heterocycles. The SMILES string of the molecule is CC1(C(=O)O)CCCC1NC(=O)c1ncccc1Br. The van der Waals surface area contributed by atoms with Crippen molar-refractivity contribution in [1.29, 1.82) is 0 Å². The van der Waals surface area contributed by atoms with Crippen LogP contribution in [0.2, 0.25) is 0 Å². The maximum atomic E-state index is 12.1. The Kier molecular flexibility index (Phi) is 3.89. The van der Waals surface area contributed by atoms with Crippen LogP contribution < -0.4 is 5.32 Å². The van der Waals surface area contributed by atoms with Crippen molar-refractivity contribution < 1.29 is 14.7 Å². The molecule has 2 rings (SSSR count). The van der Waals surface area contributed by atoms with Crippen LogP contribution in [0.5, 0.6) is 0 Å². The van der Waals surface area contributed by atoms with Crippen LogP contribution in [-0.4, -0.2) is 28.0 Å². The first-order chi connectivity index (χ1) is 8.95. The number of carbonyl (C=O) groups is 2. The second-order valence-corrected chi connectivity index (χ2v) is 5.83. The van der Waals surface area contributed by atoms with E-state index < -0.39 is 11.4 Å². The number of halogens is 1. The number of carbonyl (C=O) groups excluding carboxylic acids is 1. The summed E-state index contributed by atoms with van der Waals surface area (Å²) in [6.45, 7) is 1.68. The Bertz CT molecular complexity index is 520. The zero-order valence-corrected chi connectivity index (χ0v) is 12.1. The summed E-state index contributed by atoms with van der Waals surface area (Å²) in [5.74, 6) is -1.21. The predicted molar refractivity (Wildman–Crippen MR) is 72.8 cm³/mol. The number of aliphatic carboxylic acids is 1. The number of nitrogens with one attached hydrogen (secondary N) is 1. The van der Waals surface area contributed by atoms with Gasteiger partial charge in [0.25, 0.3) is 5.91 Å². The van der Waals surface area contributed by atoms with Crippen LogP contribution in [0, 0.1) is 5.41 Å². The summed E-state index contributed by atoms with van der Waals surface area (Å²) in [5, 5.41) is 12.1. The first kappa shape index (κ1) is 14.0. The molecule has 1 heterocycles. The van der Waals surface area contributed by atoms with Crippen molar-refractivity contribution in [3.63, 3.8) is 0 Å². The lowest BCUT2D eigenvalue weighted by atomic mass is 9.85. The average Bonchev–Trinajstić information content (AvgIpc) is 2.73. The molecule has 2 atom stereocenters. The highest BCUT2D eigenvalue weighted by molar-refractivity contribution is 9.10. The van der Waals surface area contributed by atoms with Gasteiger partial charge in [-0.05, 0) is 47.8 Å². The van der Waals surface area contributed by atoms with Gasteiger partial charge in [-0.3, -0.25) is 9.59 Å². The topological polar surface area (TPSA) is 79.3 Å². The summed E-state index contributed by atoms with van der Waals surface area (Å²) in [7, 11) is 0. The van der Waals surface area contributed by atoms with Crippen LogP contribution in [0.15, 0.2) is 22.8 Å². The molecule has 2 N–H and O–H groups in total. The molecule has 6 heteroatoms. The third-order valence-electron chi connectivity index (χ3n) is 3.73. The van der Waals surface area contributed by atoms with E-state index in [0.29, 0.717) is 17.3 Å². The lowest BCUT2D eigenvalue weighted by Crippen LogP contribution is -2.47. The molecule has 5 nitrogen and oxygen atoms in total. The number of carboxylic acid groups (broad SMARTS) is 1. The second kappa shape index (κ2) is 5.28. The zero-order valence-electron chi connectivity index (χ0n) is 10.5. The Morgan fingerprint density at radius 2 is 2.32 bits per heavy atom. The minimum absolute atomic E-state index is 0.280. The highest BCUT2D eigenvalue weighted by Gasteiger charge is 2.46. The van der Waals surface area contributed by atoms with Gasteiger partial charge < -0.3 is 10.4 Å². The first-order valence-electron chi connectivity index (χ1n) is 6.10. The van der Waals surface area contributed by atoms with Gasteiger partial charge in [0.15, 0.2) is 0 Å². The molecule has 0 radical (unpaired) electrons. The van der Waals surface area contributed by atoms with Crippen molar-refractivity contribution in [2.75, 3.05) is 0 Å². The number of hydrogen-bond donors (Lipinski definition) is 2. The van der Waals surface area contributed by atoms with Gasteiger partial charge in [-0.2, -0.15) is 0 Å². The molecule has 102 valence electrons. The number of aromatic nitrogens is 1. The van der Waals surface area contributed by atoms with E-state index in [4.69, 9.17) is 0 Å². The third kappa shape index (κ3) is 2.63. The van der Waals surface area contributed by atoms with Gasteiger partial charge in [0.2, 0.25) is 0 Å². The van der Waals surface area contributed by atoms with E-state index >= 15 is 0 Å². The normalized spacial score (nSPS) is 26.1. The second-order valence-electron chi connectivity index (χ2n) is 4.97. The predicted octanol–water partition coefficient (Wildman–Crippen LogP) is 2.22. The van der Waals surface area contributed by atoms with Crippen molar-refractivity contribution in [2.24, 2.45) is 5.41 Å². The molecule has 0 saturated heterocycles. The van der Waals surface area contributed by atoms with Crippen molar-refractivity contribution in [2.45, 2.75) is 32.2 Å². The standard InChI is InChI=1S/C13H15BrN2O3/c1-13(12(18)19)6-2-5-9(13)16-11(17)10-8(14)4-3-7-15-10/h3-4,7,9H,2,5-6H2,1H3,(H,16,17)(H,18,19). The maximum Gasteiger partial charge on any atom is 0.311 e.